The van der Waals surface area contributed by atoms with Crippen LogP contribution in [-0.2, 0) is 11.3 Å². The number of halogens is 3. The minimum atomic E-state index is -0.461. The fourth-order valence-corrected chi connectivity index (χ4v) is 4.31. The van der Waals surface area contributed by atoms with E-state index in [0.717, 1.165) is 11.3 Å². The molecule has 0 saturated heterocycles. The average molecular weight is 446 g/mol. The predicted octanol–water partition coefficient (Wildman–Crippen LogP) is 5.34. The topological polar surface area (TPSA) is 61.2 Å². The van der Waals surface area contributed by atoms with Crippen LogP contribution in [0.2, 0.25) is 15.1 Å². The molecule has 0 bridgehead atoms. The zero-order chi connectivity index (χ0) is 19.9. The predicted molar refractivity (Wildman–Crippen MR) is 110 cm³/mol. The largest absolute Gasteiger partial charge is 0.459 e. The van der Waals surface area contributed by atoms with Crippen molar-refractivity contribution in [2.75, 3.05) is 0 Å². The first-order valence-corrected chi connectivity index (χ1v) is 9.97. The number of nitrogens with zero attached hydrogens (tertiary/aromatic N) is 2. The lowest BCUT2D eigenvalue weighted by Crippen LogP contribution is -2.21. The van der Waals surface area contributed by atoms with E-state index in [1.54, 1.807) is 32.9 Å². The number of hydrogen-bond donors (Lipinski definition) is 0. The van der Waals surface area contributed by atoms with Gasteiger partial charge in [0.15, 0.2) is 0 Å². The summed E-state index contributed by atoms with van der Waals surface area (Å²) in [6.45, 7) is 5.36. The molecule has 3 aromatic rings. The first kappa shape index (κ1) is 20.1. The number of carbonyl (C=O) groups excluding carboxylic acids is 1. The zero-order valence-corrected chi connectivity index (χ0v) is 17.8. The third kappa shape index (κ3) is 3.85. The Labute approximate surface area is 174 Å². The second-order valence-corrected chi connectivity index (χ2v) is 8.38. The van der Waals surface area contributed by atoms with Gasteiger partial charge >= 0.3 is 5.97 Å². The highest BCUT2D eigenvalue weighted by molar-refractivity contribution is 7.20. The van der Waals surface area contributed by atoms with E-state index in [0.29, 0.717) is 41.3 Å². The Hall–Kier alpha value is -1.60. The third-order valence-electron chi connectivity index (χ3n) is 3.91. The van der Waals surface area contributed by atoms with Crippen molar-refractivity contribution < 1.29 is 9.53 Å². The van der Waals surface area contributed by atoms with E-state index in [2.05, 4.69) is 4.98 Å². The van der Waals surface area contributed by atoms with Crippen molar-refractivity contribution >= 4 is 62.3 Å². The van der Waals surface area contributed by atoms with E-state index < -0.39 is 5.97 Å². The molecule has 142 valence electrons. The zero-order valence-electron chi connectivity index (χ0n) is 14.7. The van der Waals surface area contributed by atoms with Gasteiger partial charge in [0.05, 0.1) is 34.4 Å². The molecule has 0 fully saturated rings. The summed E-state index contributed by atoms with van der Waals surface area (Å²) in [5.41, 5.74) is 0.793. The van der Waals surface area contributed by atoms with Crippen LogP contribution in [0.15, 0.2) is 23.3 Å². The molecule has 2 heterocycles. The molecule has 3 rings (SSSR count). The number of benzene rings is 1. The van der Waals surface area contributed by atoms with Crippen molar-refractivity contribution in [1.82, 2.24) is 9.55 Å². The molecule has 0 atom stereocenters. The minimum absolute atomic E-state index is 0.112. The summed E-state index contributed by atoms with van der Waals surface area (Å²) in [5.74, 6) is -0.461. The molecule has 0 unspecified atom stereocenters. The quantitative estimate of drug-likeness (QED) is 0.402. The molecule has 0 aliphatic heterocycles. The van der Waals surface area contributed by atoms with E-state index >= 15 is 0 Å². The summed E-state index contributed by atoms with van der Waals surface area (Å²) in [6.07, 6.45) is 1.16. The highest BCUT2D eigenvalue weighted by Gasteiger charge is 2.22. The van der Waals surface area contributed by atoms with Crippen LogP contribution in [-0.4, -0.2) is 21.6 Å². The molecule has 5 nitrogen and oxygen atoms in total. The molecule has 9 heteroatoms. The summed E-state index contributed by atoms with van der Waals surface area (Å²) in [6, 6.07) is 3.22. The Morgan fingerprint density at radius 1 is 1.26 bits per heavy atom. The van der Waals surface area contributed by atoms with Crippen molar-refractivity contribution in [3.8, 4) is 0 Å². The van der Waals surface area contributed by atoms with Crippen LogP contribution >= 0.6 is 46.1 Å². The number of rotatable bonds is 4. The second-order valence-electron chi connectivity index (χ2n) is 6.19. The maximum atomic E-state index is 13.0. The van der Waals surface area contributed by atoms with Crippen molar-refractivity contribution in [3.63, 3.8) is 0 Å². The highest BCUT2D eigenvalue weighted by Crippen LogP contribution is 2.32. The summed E-state index contributed by atoms with van der Waals surface area (Å²) in [5, 5.41) is 1.43. The lowest BCUT2D eigenvalue weighted by atomic mass is 10.2. The molecule has 0 aliphatic carbocycles. The van der Waals surface area contributed by atoms with Crippen molar-refractivity contribution in [1.29, 1.82) is 0 Å². The number of aromatic nitrogens is 2. The summed E-state index contributed by atoms with van der Waals surface area (Å²) < 4.78 is 6.63. The maximum Gasteiger partial charge on any atom is 0.348 e. The molecule has 0 amide bonds. The molecular weight excluding hydrogens is 431 g/mol. The molecule has 0 spiro atoms. The van der Waals surface area contributed by atoms with Crippen molar-refractivity contribution in [2.45, 2.75) is 33.4 Å². The average Bonchev–Trinajstić information content (AvgIpc) is 2.94. The standard InChI is InChI=1S/C18H15Cl3N2O3S/c1-8(2)26-18(25)15-9(3)13-16(27-15)22-7-23(17(13)24)6-10-11(19)4-5-12(20)14(10)21/h4-5,7-8H,6H2,1-3H3. The Kier molecular flexibility index (Phi) is 5.82. The Balaban J connectivity index is 2.09. The van der Waals surface area contributed by atoms with E-state index in [-0.39, 0.29) is 18.2 Å². The lowest BCUT2D eigenvalue weighted by Gasteiger charge is -2.10. The molecular formula is C18H15Cl3N2O3S. The number of fused-ring (bicyclic) bond motifs is 1. The third-order valence-corrected chi connectivity index (χ3v) is 6.29. The second kappa shape index (κ2) is 7.80. The summed E-state index contributed by atoms with van der Waals surface area (Å²) in [7, 11) is 0. The van der Waals surface area contributed by atoms with E-state index in [9.17, 15) is 9.59 Å². The maximum absolute atomic E-state index is 13.0. The van der Waals surface area contributed by atoms with Crippen LogP contribution in [0.1, 0.15) is 34.6 Å². The highest BCUT2D eigenvalue weighted by atomic mass is 35.5. The summed E-state index contributed by atoms with van der Waals surface area (Å²) >= 11 is 19.6. The monoisotopic (exact) mass is 444 g/mol. The van der Waals surface area contributed by atoms with Gasteiger partial charge in [-0.25, -0.2) is 9.78 Å². The van der Waals surface area contributed by atoms with Crippen LogP contribution in [0.4, 0.5) is 0 Å². The van der Waals surface area contributed by atoms with Gasteiger partial charge < -0.3 is 4.74 Å². The molecule has 1 aromatic carbocycles. The Morgan fingerprint density at radius 2 is 1.93 bits per heavy atom. The Bertz CT molecular complexity index is 1110. The molecule has 2 aromatic heterocycles. The van der Waals surface area contributed by atoms with Gasteiger partial charge in [0.1, 0.15) is 9.71 Å². The normalized spacial score (nSPS) is 11.4. The van der Waals surface area contributed by atoms with E-state index in [1.165, 1.54) is 10.9 Å². The first-order valence-electron chi connectivity index (χ1n) is 8.02. The van der Waals surface area contributed by atoms with Gasteiger partial charge in [-0.3, -0.25) is 9.36 Å². The number of aryl methyl sites for hydroxylation is 1. The SMILES string of the molecule is Cc1c(C(=O)OC(C)C)sc2ncn(Cc3c(Cl)ccc(Cl)c3Cl)c(=O)c12. The van der Waals surface area contributed by atoms with Crippen LogP contribution in [0, 0.1) is 6.92 Å². The first-order chi connectivity index (χ1) is 12.7. The molecule has 27 heavy (non-hydrogen) atoms. The molecule has 0 aliphatic rings. The number of esters is 1. The summed E-state index contributed by atoms with van der Waals surface area (Å²) in [4.78, 5) is 30.4. The van der Waals surface area contributed by atoms with Gasteiger partial charge in [0.25, 0.3) is 5.56 Å². The van der Waals surface area contributed by atoms with Crippen LogP contribution in [0.3, 0.4) is 0 Å². The number of ether oxygens (including phenoxy) is 1. The van der Waals surface area contributed by atoms with Crippen LogP contribution < -0.4 is 5.56 Å². The van der Waals surface area contributed by atoms with Gasteiger partial charge in [-0.15, -0.1) is 11.3 Å². The van der Waals surface area contributed by atoms with Gasteiger partial charge in [0, 0.05) is 10.6 Å². The van der Waals surface area contributed by atoms with Crippen LogP contribution in [0.25, 0.3) is 10.2 Å². The van der Waals surface area contributed by atoms with E-state index in [4.69, 9.17) is 39.5 Å². The fraction of sp³-hybridized carbons (Fsp3) is 0.278. The molecule has 0 radical (unpaired) electrons. The number of thiophene rings is 1. The van der Waals surface area contributed by atoms with Crippen LogP contribution in [0.5, 0.6) is 0 Å². The van der Waals surface area contributed by atoms with Gasteiger partial charge in [-0.1, -0.05) is 34.8 Å². The van der Waals surface area contributed by atoms with Crippen molar-refractivity contribution in [3.05, 3.63) is 59.9 Å². The molecule has 0 saturated carbocycles. The van der Waals surface area contributed by atoms with Crippen molar-refractivity contribution in [2.24, 2.45) is 0 Å². The van der Waals surface area contributed by atoms with Gasteiger partial charge in [0.2, 0.25) is 0 Å². The Morgan fingerprint density at radius 3 is 2.59 bits per heavy atom. The fourth-order valence-electron chi connectivity index (χ4n) is 2.62. The minimum Gasteiger partial charge on any atom is -0.459 e. The molecule has 0 N–H and O–H groups in total. The smallest absolute Gasteiger partial charge is 0.348 e. The lowest BCUT2D eigenvalue weighted by molar-refractivity contribution is 0.0383. The van der Waals surface area contributed by atoms with Gasteiger partial charge in [-0.2, -0.15) is 0 Å². The number of carbonyl (C=O) groups is 1. The number of hydrogen-bond acceptors (Lipinski definition) is 5. The van der Waals surface area contributed by atoms with Gasteiger partial charge in [-0.05, 0) is 38.5 Å². The van der Waals surface area contributed by atoms with E-state index in [1.807, 2.05) is 0 Å².